The van der Waals surface area contributed by atoms with Gasteiger partial charge in [-0.15, -0.1) is 17.0 Å². The number of rotatable bonds is 2. The van der Waals surface area contributed by atoms with Crippen molar-refractivity contribution in [3.8, 4) is 0 Å². The van der Waals surface area contributed by atoms with Crippen molar-refractivity contribution in [1.29, 1.82) is 0 Å². The van der Waals surface area contributed by atoms with E-state index < -0.39 is 0 Å². The number of pyridine rings is 1. The Labute approximate surface area is 123 Å². The maximum absolute atomic E-state index is 2.37. The lowest BCUT2D eigenvalue weighted by Gasteiger charge is -2.36. The minimum absolute atomic E-state index is 0. The summed E-state index contributed by atoms with van der Waals surface area (Å²) < 4.78 is 3.44. The van der Waals surface area contributed by atoms with E-state index in [0.29, 0.717) is 0 Å². The van der Waals surface area contributed by atoms with E-state index in [1.54, 1.807) is 0 Å². The van der Waals surface area contributed by atoms with Gasteiger partial charge in [-0.25, -0.2) is 4.57 Å². The van der Waals surface area contributed by atoms with Gasteiger partial charge in [0.1, 0.15) is 6.54 Å². The lowest BCUT2D eigenvalue weighted by Crippen LogP contribution is -2.47. The molecule has 0 bridgehead atoms. The fourth-order valence-electron chi connectivity index (χ4n) is 2.24. The first-order chi connectivity index (χ1) is 8.20. The third-order valence-corrected chi connectivity index (χ3v) is 3.80. The van der Waals surface area contributed by atoms with Gasteiger partial charge in [0.05, 0.1) is 26.7 Å². The van der Waals surface area contributed by atoms with Crippen molar-refractivity contribution in [3.63, 3.8) is 0 Å². The highest BCUT2D eigenvalue weighted by molar-refractivity contribution is 8.93. The second-order valence-electron chi connectivity index (χ2n) is 5.15. The SMILES string of the molecule is Br.CC[N+]1(C)CCCCC1.CC[n+]1ccccc1. The zero-order valence-corrected chi connectivity index (χ0v) is 13.9. The topological polar surface area (TPSA) is 3.88 Å². The number of hydrogen-bond donors (Lipinski definition) is 0. The van der Waals surface area contributed by atoms with Crippen molar-refractivity contribution in [1.82, 2.24) is 0 Å². The van der Waals surface area contributed by atoms with Crippen LogP contribution in [0.2, 0.25) is 0 Å². The Morgan fingerprint density at radius 2 is 1.50 bits per heavy atom. The van der Waals surface area contributed by atoms with Gasteiger partial charge in [-0.2, -0.15) is 0 Å². The van der Waals surface area contributed by atoms with E-state index in [9.17, 15) is 0 Å². The molecule has 0 aliphatic carbocycles. The molecular weight excluding hydrogens is 288 g/mol. The fourth-order valence-corrected chi connectivity index (χ4v) is 2.24. The van der Waals surface area contributed by atoms with Gasteiger partial charge in [0.25, 0.3) is 0 Å². The molecule has 1 saturated heterocycles. The molecule has 0 N–H and O–H groups in total. The molecule has 2 heterocycles. The van der Waals surface area contributed by atoms with Crippen molar-refractivity contribution in [2.24, 2.45) is 0 Å². The number of quaternary nitrogens is 1. The van der Waals surface area contributed by atoms with Gasteiger partial charge in [-0.3, -0.25) is 0 Å². The highest BCUT2D eigenvalue weighted by atomic mass is 79.9. The van der Waals surface area contributed by atoms with Crippen LogP contribution in [0.5, 0.6) is 0 Å². The fraction of sp³-hybridized carbons (Fsp3) is 0.667. The van der Waals surface area contributed by atoms with E-state index in [1.807, 2.05) is 18.2 Å². The molecule has 0 atom stereocenters. The summed E-state index contributed by atoms with van der Waals surface area (Å²) in [4.78, 5) is 0. The van der Waals surface area contributed by atoms with Crippen LogP contribution in [0.4, 0.5) is 0 Å². The molecule has 0 amide bonds. The lowest BCUT2D eigenvalue weighted by atomic mass is 10.1. The highest BCUT2D eigenvalue weighted by Crippen LogP contribution is 2.14. The number of halogens is 1. The van der Waals surface area contributed by atoms with Crippen molar-refractivity contribution in [2.45, 2.75) is 39.7 Å². The second-order valence-corrected chi connectivity index (χ2v) is 5.15. The Hall–Kier alpha value is -0.410. The van der Waals surface area contributed by atoms with Crippen molar-refractivity contribution in [3.05, 3.63) is 30.6 Å². The van der Waals surface area contributed by atoms with Gasteiger partial charge in [0.2, 0.25) is 0 Å². The monoisotopic (exact) mass is 316 g/mol. The Kier molecular flexibility index (Phi) is 9.29. The normalized spacial score (nSPS) is 17.1. The molecule has 0 aromatic carbocycles. The number of aryl methyl sites for hydroxylation is 1. The summed E-state index contributed by atoms with van der Waals surface area (Å²) in [6.07, 6.45) is 8.47. The predicted octanol–water partition coefficient (Wildman–Crippen LogP) is 3.21. The number of nitrogens with zero attached hydrogens (tertiary/aromatic N) is 2. The van der Waals surface area contributed by atoms with E-state index in [1.165, 1.54) is 43.4 Å². The Balaban J connectivity index is 0.000000306. The molecule has 1 aromatic heterocycles. The quantitative estimate of drug-likeness (QED) is 0.582. The van der Waals surface area contributed by atoms with Crippen LogP contribution in [0.15, 0.2) is 30.6 Å². The van der Waals surface area contributed by atoms with Gasteiger partial charge >= 0.3 is 0 Å². The molecule has 2 nitrogen and oxygen atoms in total. The number of likely N-dealkylation sites (tertiary alicyclic amines) is 1. The van der Waals surface area contributed by atoms with Crippen LogP contribution in [0.3, 0.4) is 0 Å². The lowest BCUT2D eigenvalue weighted by molar-refractivity contribution is -0.912. The van der Waals surface area contributed by atoms with Crippen LogP contribution in [0, 0.1) is 0 Å². The zero-order valence-electron chi connectivity index (χ0n) is 12.1. The van der Waals surface area contributed by atoms with Crippen LogP contribution >= 0.6 is 17.0 Å². The second kappa shape index (κ2) is 9.51. The average molecular weight is 317 g/mol. The number of aromatic nitrogens is 1. The summed E-state index contributed by atoms with van der Waals surface area (Å²) in [6.45, 7) is 9.62. The molecule has 1 fully saturated rings. The first kappa shape index (κ1) is 17.6. The van der Waals surface area contributed by atoms with Gasteiger partial charge in [-0.05, 0) is 33.1 Å². The van der Waals surface area contributed by atoms with E-state index in [-0.39, 0.29) is 17.0 Å². The molecule has 104 valence electrons. The van der Waals surface area contributed by atoms with Crippen LogP contribution < -0.4 is 4.57 Å². The first-order valence-corrected chi connectivity index (χ1v) is 6.98. The molecule has 1 aliphatic rings. The Morgan fingerprint density at radius 1 is 0.944 bits per heavy atom. The van der Waals surface area contributed by atoms with Gasteiger partial charge in [-0.1, -0.05) is 6.07 Å². The third kappa shape index (κ3) is 6.50. The molecule has 0 unspecified atom stereocenters. The Morgan fingerprint density at radius 3 is 1.83 bits per heavy atom. The number of piperidine rings is 1. The van der Waals surface area contributed by atoms with E-state index in [0.717, 1.165) is 6.54 Å². The van der Waals surface area contributed by atoms with Crippen LogP contribution in [0.1, 0.15) is 33.1 Å². The summed E-state index contributed by atoms with van der Waals surface area (Å²) in [5.41, 5.74) is 0. The standard InChI is InChI=1S/C8H18N.C7H10N.BrH/c1-3-9(2)7-5-4-6-8-9;1-2-8-6-4-3-5-7-8;/h3-8H2,1-2H3;3-7H,2H2,1H3;1H/q2*+1;. The third-order valence-electron chi connectivity index (χ3n) is 3.80. The molecule has 18 heavy (non-hydrogen) atoms. The molecule has 3 heteroatoms. The average Bonchev–Trinajstić information content (AvgIpc) is 2.41. The van der Waals surface area contributed by atoms with E-state index in [2.05, 4.69) is 37.9 Å². The van der Waals surface area contributed by atoms with E-state index in [4.69, 9.17) is 0 Å². The Bertz CT molecular complexity index is 295. The van der Waals surface area contributed by atoms with Crippen molar-refractivity contribution < 1.29 is 9.05 Å². The molecule has 1 aromatic rings. The summed E-state index contributed by atoms with van der Waals surface area (Å²) in [7, 11) is 2.37. The van der Waals surface area contributed by atoms with E-state index >= 15 is 0 Å². The van der Waals surface area contributed by atoms with Crippen LogP contribution in [-0.2, 0) is 6.54 Å². The molecule has 2 rings (SSSR count). The highest BCUT2D eigenvalue weighted by Gasteiger charge is 2.21. The maximum Gasteiger partial charge on any atom is 0.168 e. The van der Waals surface area contributed by atoms with Crippen molar-refractivity contribution >= 4 is 17.0 Å². The predicted molar refractivity (Wildman–Crippen MR) is 82.9 cm³/mol. The number of hydrogen-bond acceptors (Lipinski definition) is 0. The summed E-state index contributed by atoms with van der Waals surface area (Å²) >= 11 is 0. The van der Waals surface area contributed by atoms with Gasteiger partial charge < -0.3 is 4.48 Å². The summed E-state index contributed by atoms with van der Waals surface area (Å²) in [5.74, 6) is 0. The summed E-state index contributed by atoms with van der Waals surface area (Å²) in [5, 5.41) is 0. The molecule has 1 aliphatic heterocycles. The minimum atomic E-state index is 0. The zero-order chi connectivity index (χ0) is 12.6. The first-order valence-electron chi connectivity index (χ1n) is 6.98. The van der Waals surface area contributed by atoms with Gasteiger partial charge in [0.15, 0.2) is 12.4 Å². The smallest absolute Gasteiger partial charge is 0.168 e. The molecule has 0 spiro atoms. The molecule has 0 radical (unpaired) electrons. The van der Waals surface area contributed by atoms with Gasteiger partial charge in [0, 0.05) is 12.1 Å². The molecular formula is C15H29BrN2+2. The van der Waals surface area contributed by atoms with Crippen molar-refractivity contribution in [2.75, 3.05) is 26.7 Å². The maximum atomic E-state index is 2.37. The minimum Gasteiger partial charge on any atom is -0.326 e. The van der Waals surface area contributed by atoms with Crippen LogP contribution in [0.25, 0.3) is 0 Å². The largest absolute Gasteiger partial charge is 0.326 e. The molecule has 0 saturated carbocycles. The van der Waals surface area contributed by atoms with Crippen LogP contribution in [-0.4, -0.2) is 31.2 Å². The summed E-state index contributed by atoms with van der Waals surface area (Å²) in [6, 6.07) is 6.08.